The highest BCUT2D eigenvalue weighted by Gasteiger charge is 2.34. The van der Waals surface area contributed by atoms with Crippen LogP contribution in [0.25, 0.3) is 6.08 Å². The van der Waals surface area contributed by atoms with E-state index in [2.05, 4.69) is 5.32 Å². The van der Waals surface area contributed by atoms with E-state index < -0.39 is 12.0 Å². The van der Waals surface area contributed by atoms with Gasteiger partial charge in [-0.1, -0.05) is 23.7 Å². The standard InChI is InChI=1S/C18H21ClN2O5/c1-25-10-11-26-17(23)12-15-18(24)20-8-9-21(15)16(22)7-4-13-2-5-14(19)6-3-13/h2-7,15H,8-12H2,1H3,(H,20,24)/b7-4+. The van der Waals surface area contributed by atoms with E-state index in [0.29, 0.717) is 18.1 Å². The molecular formula is C18H21ClN2O5. The second kappa shape index (κ2) is 9.94. The van der Waals surface area contributed by atoms with Gasteiger partial charge in [-0.3, -0.25) is 14.4 Å². The maximum atomic E-state index is 12.5. The summed E-state index contributed by atoms with van der Waals surface area (Å²) >= 11 is 5.83. The summed E-state index contributed by atoms with van der Waals surface area (Å²) in [6.45, 7) is 1.04. The van der Waals surface area contributed by atoms with Gasteiger partial charge in [0, 0.05) is 31.3 Å². The van der Waals surface area contributed by atoms with E-state index in [4.69, 9.17) is 21.1 Å². The molecule has 1 aliphatic rings. The van der Waals surface area contributed by atoms with Gasteiger partial charge >= 0.3 is 5.97 Å². The van der Waals surface area contributed by atoms with Crippen molar-refractivity contribution in [3.8, 4) is 0 Å². The Morgan fingerprint density at radius 1 is 1.31 bits per heavy atom. The van der Waals surface area contributed by atoms with Crippen molar-refractivity contribution >= 4 is 35.5 Å². The number of methoxy groups -OCH3 is 1. The molecule has 1 aliphatic heterocycles. The van der Waals surface area contributed by atoms with Crippen molar-refractivity contribution in [2.24, 2.45) is 0 Å². The Hall–Kier alpha value is -2.38. The third kappa shape index (κ3) is 5.86. The van der Waals surface area contributed by atoms with E-state index in [1.807, 2.05) is 0 Å². The number of esters is 1. The number of hydrogen-bond donors (Lipinski definition) is 1. The van der Waals surface area contributed by atoms with Gasteiger partial charge in [0.1, 0.15) is 12.6 Å². The second-order valence-electron chi connectivity index (χ2n) is 5.64. The Morgan fingerprint density at radius 2 is 2.04 bits per heavy atom. The summed E-state index contributed by atoms with van der Waals surface area (Å²) in [7, 11) is 1.50. The Bertz CT molecular complexity index is 675. The lowest BCUT2D eigenvalue weighted by molar-refractivity contribution is -0.151. The lowest BCUT2D eigenvalue weighted by Gasteiger charge is -2.33. The first-order valence-electron chi connectivity index (χ1n) is 8.18. The van der Waals surface area contributed by atoms with Gasteiger partial charge in [-0.15, -0.1) is 0 Å². The molecule has 1 aromatic carbocycles. The Kier molecular flexibility index (Phi) is 7.62. The number of nitrogens with zero attached hydrogens (tertiary/aromatic N) is 1. The fourth-order valence-corrected chi connectivity index (χ4v) is 2.60. The van der Waals surface area contributed by atoms with Crippen molar-refractivity contribution in [3.63, 3.8) is 0 Å². The minimum absolute atomic E-state index is 0.105. The molecule has 0 aromatic heterocycles. The molecule has 1 N–H and O–H groups in total. The van der Waals surface area contributed by atoms with E-state index in [0.717, 1.165) is 5.56 Å². The van der Waals surface area contributed by atoms with Gasteiger partial charge in [0.2, 0.25) is 11.8 Å². The molecule has 1 saturated heterocycles. The first-order valence-corrected chi connectivity index (χ1v) is 8.55. The van der Waals surface area contributed by atoms with Crippen LogP contribution in [0, 0.1) is 0 Å². The molecule has 26 heavy (non-hydrogen) atoms. The van der Waals surface area contributed by atoms with Crippen LogP contribution in [0.3, 0.4) is 0 Å². The number of rotatable bonds is 7. The summed E-state index contributed by atoms with van der Waals surface area (Å²) < 4.78 is 9.80. The van der Waals surface area contributed by atoms with Crippen molar-refractivity contribution in [2.75, 3.05) is 33.4 Å². The van der Waals surface area contributed by atoms with Crippen LogP contribution in [0.5, 0.6) is 0 Å². The highest BCUT2D eigenvalue weighted by molar-refractivity contribution is 6.30. The van der Waals surface area contributed by atoms with Crippen molar-refractivity contribution in [2.45, 2.75) is 12.5 Å². The fourth-order valence-electron chi connectivity index (χ4n) is 2.47. The number of ether oxygens (including phenoxy) is 2. The van der Waals surface area contributed by atoms with Gasteiger partial charge < -0.3 is 19.7 Å². The van der Waals surface area contributed by atoms with Crippen LogP contribution < -0.4 is 5.32 Å². The summed E-state index contributed by atoms with van der Waals surface area (Å²) in [5.41, 5.74) is 0.805. The number of amides is 2. The summed E-state index contributed by atoms with van der Waals surface area (Å²) in [6.07, 6.45) is 2.82. The molecule has 0 radical (unpaired) electrons. The third-order valence-corrected chi connectivity index (χ3v) is 4.06. The van der Waals surface area contributed by atoms with Gasteiger partial charge in [0.15, 0.2) is 0 Å². The molecule has 7 nitrogen and oxygen atoms in total. The van der Waals surface area contributed by atoms with Crippen LogP contribution in [0.2, 0.25) is 5.02 Å². The Morgan fingerprint density at radius 3 is 2.73 bits per heavy atom. The maximum absolute atomic E-state index is 12.5. The number of piperazine rings is 1. The summed E-state index contributed by atoms with van der Waals surface area (Å²) in [5, 5.41) is 3.27. The molecule has 0 spiro atoms. The first kappa shape index (κ1) is 19.9. The number of benzene rings is 1. The van der Waals surface area contributed by atoms with Crippen LogP contribution in [0.15, 0.2) is 30.3 Å². The van der Waals surface area contributed by atoms with E-state index in [1.165, 1.54) is 18.1 Å². The monoisotopic (exact) mass is 380 g/mol. The number of carbonyl (C=O) groups is 3. The maximum Gasteiger partial charge on any atom is 0.308 e. The molecule has 1 atom stereocenters. The number of carbonyl (C=O) groups excluding carboxylic acids is 3. The van der Waals surface area contributed by atoms with Gasteiger partial charge in [-0.25, -0.2) is 0 Å². The van der Waals surface area contributed by atoms with E-state index in [-0.39, 0.29) is 31.4 Å². The number of nitrogens with one attached hydrogen (secondary N) is 1. The van der Waals surface area contributed by atoms with Crippen LogP contribution in [-0.4, -0.2) is 62.1 Å². The Balaban J connectivity index is 2.01. The zero-order chi connectivity index (χ0) is 18.9. The minimum Gasteiger partial charge on any atom is -0.463 e. The fraction of sp³-hybridized carbons (Fsp3) is 0.389. The van der Waals surface area contributed by atoms with Crippen molar-refractivity contribution in [1.82, 2.24) is 10.2 Å². The lowest BCUT2D eigenvalue weighted by Crippen LogP contribution is -2.57. The molecule has 1 fully saturated rings. The zero-order valence-electron chi connectivity index (χ0n) is 14.4. The van der Waals surface area contributed by atoms with Crippen molar-refractivity contribution in [1.29, 1.82) is 0 Å². The summed E-state index contributed by atoms with van der Waals surface area (Å²) in [4.78, 5) is 37.9. The topological polar surface area (TPSA) is 84.9 Å². The third-order valence-electron chi connectivity index (χ3n) is 3.81. The Labute approximate surface area is 156 Å². The van der Waals surface area contributed by atoms with E-state index >= 15 is 0 Å². The second-order valence-corrected chi connectivity index (χ2v) is 6.08. The average molecular weight is 381 g/mol. The van der Waals surface area contributed by atoms with Crippen molar-refractivity contribution in [3.05, 3.63) is 40.9 Å². The quantitative estimate of drug-likeness (QED) is 0.437. The molecule has 0 aliphatic carbocycles. The predicted molar refractivity (Wildman–Crippen MR) is 96.4 cm³/mol. The van der Waals surface area contributed by atoms with Crippen LogP contribution >= 0.6 is 11.6 Å². The average Bonchev–Trinajstić information content (AvgIpc) is 2.63. The normalized spacial score (nSPS) is 17.2. The van der Waals surface area contributed by atoms with Gasteiger partial charge in [0.25, 0.3) is 0 Å². The van der Waals surface area contributed by atoms with Crippen LogP contribution in [0.1, 0.15) is 12.0 Å². The summed E-state index contributed by atoms with van der Waals surface area (Å²) in [6, 6.07) is 6.11. The highest BCUT2D eigenvalue weighted by Crippen LogP contribution is 2.13. The SMILES string of the molecule is COCCOC(=O)CC1C(=O)NCCN1C(=O)/C=C/c1ccc(Cl)cc1. The molecule has 1 aromatic rings. The lowest BCUT2D eigenvalue weighted by atomic mass is 10.1. The largest absolute Gasteiger partial charge is 0.463 e. The molecule has 0 saturated carbocycles. The van der Waals surface area contributed by atoms with Crippen molar-refractivity contribution < 1.29 is 23.9 Å². The first-order chi connectivity index (χ1) is 12.5. The molecule has 1 heterocycles. The summed E-state index contributed by atoms with van der Waals surface area (Å²) in [5.74, 6) is -1.26. The highest BCUT2D eigenvalue weighted by atomic mass is 35.5. The molecule has 8 heteroatoms. The molecule has 2 amide bonds. The number of hydrogen-bond acceptors (Lipinski definition) is 5. The molecule has 1 unspecified atom stereocenters. The molecule has 0 bridgehead atoms. The number of halogens is 1. The van der Waals surface area contributed by atoms with Crippen LogP contribution in [0.4, 0.5) is 0 Å². The van der Waals surface area contributed by atoms with E-state index in [9.17, 15) is 14.4 Å². The van der Waals surface area contributed by atoms with Crippen LogP contribution in [-0.2, 0) is 23.9 Å². The smallest absolute Gasteiger partial charge is 0.308 e. The minimum atomic E-state index is -0.888. The van der Waals surface area contributed by atoms with Gasteiger partial charge in [0.05, 0.1) is 13.0 Å². The molecular weight excluding hydrogens is 360 g/mol. The van der Waals surface area contributed by atoms with Gasteiger partial charge in [-0.05, 0) is 23.8 Å². The predicted octanol–water partition coefficient (Wildman–Crippen LogP) is 1.26. The molecule has 2 rings (SSSR count). The zero-order valence-corrected chi connectivity index (χ0v) is 15.2. The van der Waals surface area contributed by atoms with E-state index in [1.54, 1.807) is 30.3 Å². The van der Waals surface area contributed by atoms with Gasteiger partial charge in [-0.2, -0.15) is 0 Å². The molecule has 140 valence electrons.